The first-order valence-electron chi connectivity index (χ1n) is 5.59. The molecule has 1 aromatic carbocycles. The third kappa shape index (κ3) is 3.53. The summed E-state index contributed by atoms with van der Waals surface area (Å²) in [7, 11) is 0. The molecular formula is C13H14BrN3. The van der Waals surface area contributed by atoms with Crippen molar-refractivity contribution in [2.75, 3.05) is 5.32 Å². The third-order valence-corrected chi connectivity index (χ3v) is 2.78. The van der Waals surface area contributed by atoms with Gasteiger partial charge in [-0.2, -0.15) is 0 Å². The number of nitrogens with zero attached hydrogens (tertiary/aromatic N) is 2. The average Bonchev–Trinajstić information content (AvgIpc) is 2.37. The van der Waals surface area contributed by atoms with Gasteiger partial charge in [0.1, 0.15) is 16.2 Å². The fourth-order valence-corrected chi connectivity index (χ4v) is 1.92. The fraction of sp³-hybridized carbons (Fsp3) is 0.231. The van der Waals surface area contributed by atoms with Crippen LogP contribution in [0, 0.1) is 0 Å². The minimum absolute atomic E-state index is 0.771. The number of rotatable bonds is 4. The van der Waals surface area contributed by atoms with Crippen molar-refractivity contribution in [3.8, 4) is 0 Å². The maximum absolute atomic E-state index is 4.41. The van der Waals surface area contributed by atoms with Crippen LogP contribution in [0.4, 0.5) is 5.82 Å². The lowest BCUT2D eigenvalue weighted by molar-refractivity contribution is 0.921. The summed E-state index contributed by atoms with van der Waals surface area (Å²) in [6, 6.07) is 12.1. The van der Waals surface area contributed by atoms with Gasteiger partial charge in [-0.15, -0.1) is 0 Å². The zero-order valence-electron chi connectivity index (χ0n) is 9.65. The molecule has 0 aliphatic heterocycles. The Morgan fingerprint density at radius 3 is 2.65 bits per heavy atom. The molecular weight excluding hydrogens is 278 g/mol. The largest absolute Gasteiger partial charge is 0.366 e. The second-order valence-electron chi connectivity index (χ2n) is 3.68. The van der Waals surface area contributed by atoms with E-state index in [1.807, 2.05) is 31.2 Å². The number of benzene rings is 1. The first-order chi connectivity index (χ1) is 8.28. The number of aryl methyl sites for hydroxylation is 1. The molecule has 0 fully saturated rings. The molecule has 3 nitrogen and oxygen atoms in total. The normalized spacial score (nSPS) is 10.2. The fourth-order valence-electron chi connectivity index (χ4n) is 1.50. The molecule has 1 heterocycles. The van der Waals surface area contributed by atoms with Gasteiger partial charge in [-0.3, -0.25) is 0 Å². The summed E-state index contributed by atoms with van der Waals surface area (Å²) in [5.74, 6) is 1.70. The van der Waals surface area contributed by atoms with Crippen molar-refractivity contribution in [1.82, 2.24) is 9.97 Å². The predicted octanol–water partition coefficient (Wildman–Crippen LogP) is 3.41. The zero-order valence-corrected chi connectivity index (χ0v) is 11.2. The molecule has 2 aromatic rings. The monoisotopic (exact) mass is 291 g/mol. The molecule has 0 unspecified atom stereocenters. The highest BCUT2D eigenvalue weighted by molar-refractivity contribution is 9.10. The molecule has 4 heteroatoms. The van der Waals surface area contributed by atoms with Gasteiger partial charge in [-0.1, -0.05) is 37.3 Å². The summed E-state index contributed by atoms with van der Waals surface area (Å²) in [5, 5.41) is 3.30. The van der Waals surface area contributed by atoms with Gasteiger partial charge in [-0.25, -0.2) is 9.97 Å². The summed E-state index contributed by atoms with van der Waals surface area (Å²) >= 11 is 3.39. The third-order valence-electron chi connectivity index (χ3n) is 2.37. The summed E-state index contributed by atoms with van der Waals surface area (Å²) < 4.78 is 0.819. The van der Waals surface area contributed by atoms with Gasteiger partial charge in [0.05, 0.1) is 0 Å². The highest BCUT2D eigenvalue weighted by atomic mass is 79.9. The van der Waals surface area contributed by atoms with Gasteiger partial charge in [0.15, 0.2) is 0 Å². The van der Waals surface area contributed by atoms with E-state index in [0.29, 0.717) is 0 Å². The van der Waals surface area contributed by atoms with Crippen LogP contribution in [-0.4, -0.2) is 9.97 Å². The van der Waals surface area contributed by atoms with Crippen molar-refractivity contribution in [3.05, 3.63) is 52.4 Å². The van der Waals surface area contributed by atoms with E-state index in [2.05, 4.69) is 43.3 Å². The molecule has 0 radical (unpaired) electrons. The van der Waals surface area contributed by atoms with Gasteiger partial charge < -0.3 is 5.32 Å². The highest BCUT2D eigenvalue weighted by Gasteiger charge is 2.01. The van der Waals surface area contributed by atoms with Crippen molar-refractivity contribution < 1.29 is 0 Å². The average molecular weight is 292 g/mol. The van der Waals surface area contributed by atoms with Gasteiger partial charge in [0.25, 0.3) is 0 Å². The lowest BCUT2D eigenvalue weighted by Crippen LogP contribution is -2.04. The molecule has 1 aromatic heterocycles. The van der Waals surface area contributed by atoms with Crippen LogP contribution in [0.5, 0.6) is 0 Å². The second kappa shape index (κ2) is 5.77. The maximum atomic E-state index is 4.41. The lowest BCUT2D eigenvalue weighted by atomic mass is 10.2. The van der Waals surface area contributed by atoms with E-state index >= 15 is 0 Å². The van der Waals surface area contributed by atoms with E-state index in [9.17, 15) is 0 Å². The van der Waals surface area contributed by atoms with Crippen LogP contribution in [0.2, 0.25) is 0 Å². The number of hydrogen-bond donors (Lipinski definition) is 1. The minimum atomic E-state index is 0.771. The summed E-state index contributed by atoms with van der Waals surface area (Å²) in [4.78, 5) is 8.69. The highest BCUT2D eigenvalue weighted by Crippen LogP contribution is 2.13. The van der Waals surface area contributed by atoms with Crippen LogP contribution in [0.1, 0.15) is 18.3 Å². The minimum Gasteiger partial charge on any atom is -0.366 e. The molecule has 0 aliphatic rings. The molecule has 1 N–H and O–H groups in total. The van der Waals surface area contributed by atoms with Crippen LogP contribution in [0.25, 0.3) is 0 Å². The first-order valence-corrected chi connectivity index (χ1v) is 6.38. The Kier molecular flexibility index (Phi) is 4.09. The number of anilines is 1. The van der Waals surface area contributed by atoms with Gasteiger partial charge in [-0.05, 0) is 21.5 Å². The maximum Gasteiger partial charge on any atom is 0.131 e. The van der Waals surface area contributed by atoms with E-state index in [1.165, 1.54) is 5.56 Å². The Bertz CT molecular complexity index is 485. The Morgan fingerprint density at radius 2 is 1.94 bits per heavy atom. The van der Waals surface area contributed by atoms with Crippen molar-refractivity contribution in [1.29, 1.82) is 0 Å². The molecule has 2 rings (SSSR count). The quantitative estimate of drug-likeness (QED) is 0.877. The van der Waals surface area contributed by atoms with Gasteiger partial charge in [0.2, 0.25) is 0 Å². The number of halogens is 1. The Balaban J connectivity index is 2.06. The predicted molar refractivity (Wildman–Crippen MR) is 72.9 cm³/mol. The van der Waals surface area contributed by atoms with Crippen LogP contribution >= 0.6 is 15.9 Å². The molecule has 0 aliphatic carbocycles. The SMILES string of the molecule is CCc1nc(Br)cc(NCc2ccccc2)n1. The van der Waals surface area contributed by atoms with Crippen molar-refractivity contribution >= 4 is 21.7 Å². The van der Waals surface area contributed by atoms with E-state index < -0.39 is 0 Å². The van der Waals surface area contributed by atoms with Crippen LogP contribution in [0.15, 0.2) is 41.0 Å². The Labute approximate surface area is 109 Å². The molecule has 88 valence electrons. The van der Waals surface area contributed by atoms with Crippen molar-refractivity contribution in [3.63, 3.8) is 0 Å². The van der Waals surface area contributed by atoms with Crippen molar-refractivity contribution in [2.24, 2.45) is 0 Å². The van der Waals surface area contributed by atoms with Gasteiger partial charge in [0, 0.05) is 19.0 Å². The lowest BCUT2D eigenvalue weighted by Gasteiger charge is -2.07. The summed E-state index contributed by atoms with van der Waals surface area (Å²) in [5.41, 5.74) is 1.24. The molecule has 0 saturated carbocycles. The summed E-state index contributed by atoms with van der Waals surface area (Å²) in [6.45, 7) is 2.82. The molecule has 17 heavy (non-hydrogen) atoms. The Morgan fingerprint density at radius 1 is 1.18 bits per heavy atom. The molecule has 0 amide bonds. The van der Waals surface area contributed by atoms with E-state index in [1.54, 1.807) is 0 Å². The number of aromatic nitrogens is 2. The zero-order chi connectivity index (χ0) is 12.1. The van der Waals surface area contributed by atoms with Crippen LogP contribution in [-0.2, 0) is 13.0 Å². The second-order valence-corrected chi connectivity index (χ2v) is 4.50. The molecule has 0 atom stereocenters. The first kappa shape index (κ1) is 12.0. The van der Waals surface area contributed by atoms with E-state index in [0.717, 1.165) is 29.2 Å². The van der Waals surface area contributed by atoms with Crippen LogP contribution < -0.4 is 5.32 Å². The number of hydrogen-bond acceptors (Lipinski definition) is 3. The standard InChI is InChI=1S/C13H14BrN3/c1-2-12-16-11(14)8-13(17-12)15-9-10-6-4-3-5-7-10/h3-8H,2,9H2,1H3,(H,15,16,17). The smallest absolute Gasteiger partial charge is 0.131 e. The Hall–Kier alpha value is -1.42. The number of nitrogens with one attached hydrogen (secondary N) is 1. The molecule has 0 spiro atoms. The van der Waals surface area contributed by atoms with E-state index in [4.69, 9.17) is 0 Å². The molecule has 0 bridgehead atoms. The van der Waals surface area contributed by atoms with E-state index in [-0.39, 0.29) is 0 Å². The van der Waals surface area contributed by atoms with Gasteiger partial charge >= 0.3 is 0 Å². The molecule has 0 saturated heterocycles. The van der Waals surface area contributed by atoms with Crippen molar-refractivity contribution in [2.45, 2.75) is 19.9 Å². The summed E-state index contributed by atoms with van der Waals surface area (Å²) in [6.07, 6.45) is 0.833. The van der Waals surface area contributed by atoms with Crippen LogP contribution in [0.3, 0.4) is 0 Å². The topological polar surface area (TPSA) is 37.8 Å².